The van der Waals surface area contributed by atoms with Gasteiger partial charge in [-0.3, -0.25) is 4.98 Å². The van der Waals surface area contributed by atoms with Crippen molar-refractivity contribution in [3.05, 3.63) is 30.4 Å². The predicted octanol–water partition coefficient (Wildman–Crippen LogP) is 1.93. The molecule has 1 aliphatic carbocycles. The maximum Gasteiger partial charge on any atom is 0.183 e. The van der Waals surface area contributed by atoms with Crippen molar-refractivity contribution in [2.45, 2.75) is 38.3 Å². The molecule has 1 aliphatic rings. The molecular weight excluding hydrogens is 238 g/mol. The van der Waals surface area contributed by atoms with Crippen molar-refractivity contribution in [1.29, 1.82) is 0 Å². The largest absolute Gasteiger partial charge is 0.308 e. The van der Waals surface area contributed by atoms with Gasteiger partial charge < -0.3 is 5.32 Å². The van der Waals surface area contributed by atoms with E-state index in [2.05, 4.69) is 40.0 Å². The molecule has 0 amide bonds. The number of rotatable bonds is 4. The first kappa shape index (κ1) is 12.3. The molecule has 2 heterocycles. The van der Waals surface area contributed by atoms with E-state index in [1.54, 1.807) is 12.4 Å². The van der Waals surface area contributed by atoms with Crippen LogP contribution in [0.3, 0.4) is 0 Å². The average molecular weight is 256 g/mol. The molecule has 19 heavy (non-hydrogen) atoms. The van der Waals surface area contributed by atoms with Crippen molar-refractivity contribution >= 4 is 0 Å². The molecular formula is C14H18N5. The van der Waals surface area contributed by atoms with Crippen molar-refractivity contribution in [2.75, 3.05) is 7.05 Å². The highest BCUT2D eigenvalue weighted by Gasteiger charge is 2.34. The molecule has 1 fully saturated rings. The Bertz CT molecular complexity index is 569. The molecule has 0 aromatic carbocycles. The summed E-state index contributed by atoms with van der Waals surface area (Å²) in [6.07, 6.45) is 5.79. The molecule has 0 unspecified atom stereocenters. The van der Waals surface area contributed by atoms with Gasteiger partial charge in [-0.15, -0.1) is 0 Å². The monoisotopic (exact) mass is 256 g/mol. The van der Waals surface area contributed by atoms with Crippen LogP contribution in [0, 0.1) is 6.07 Å². The van der Waals surface area contributed by atoms with Gasteiger partial charge in [0, 0.05) is 24.0 Å². The van der Waals surface area contributed by atoms with Crippen molar-refractivity contribution in [3.63, 3.8) is 0 Å². The lowest BCUT2D eigenvalue weighted by atomic mass is 10.1. The normalized spacial score (nSPS) is 15.7. The standard InChI is InChI=1S/C14H18N5/c1-14(2,15-3)13-17-12(10-5-4-8-16-9-10)18-19(13)11-6-7-11/h5,8-9,11,15H,6-7H2,1-3H3. The molecule has 0 bridgehead atoms. The van der Waals surface area contributed by atoms with Gasteiger partial charge in [-0.25, -0.2) is 9.67 Å². The number of hydrogen-bond donors (Lipinski definition) is 1. The van der Waals surface area contributed by atoms with E-state index >= 15 is 0 Å². The Morgan fingerprint density at radius 3 is 2.79 bits per heavy atom. The first-order valence-electron chi connectivity index (χ1n) is 6.59. The molecule has 0 saturated heterocycles. The Hall–Kier alpha value is -1.75. The molecule has 2 aromatic heterocycles. The zero-order chi connectivity index (χ0) is 13.5. The van der Waals surface area contributed by atoms with Crippen LogP contribution in [0.5, 0.6) is 0 Å². The number of pyridine rings is 1. The van der Waals surface area contributed by atoms with Gasteiger partial charge in [0.25, 0.3) is 0 Å². The van der Waals surface area contributed by atoms with E-state index in [1.165, 1.54) is 12.8 Å². The zero-order valence-electron chi connectivity index (χ0n) is 11.5. The van der Waals surface area contributed by atoms with Crippen molar-refractivity contribution in [1.82, 2.24) is 25.1 Å². The van der Waals surface area contributed by atoms with Crippen molar-refractivity contribution in [3.8, 4) is 11.4 Å². The smallest absolute Gasteiger partial charge is 0.183 e. The number of hydrogen-bond acceptors (Lipinski definition) is 4. The van der Waals surface area contributed by atoms with Crippen LogP contribution in [0.4, 0.5) is 0 Å². The maximum absolute atomic E-state index is 4.71. The summed E-state index contributed by atoms with van der Waals surface area (Å²) in [5.74, 6) is 1.71. The summed E-state index contributed by atoms with van der Waals surface area (Å²) >= 11 is 0. The topological polar surface area (TPSA) is 55.6 Å². The third kappa shape index (κ3) is 2.26. The molecule has 1 radical (unpaired) electrons. The van der Waals surface area contributed by atoms with Crippen molar-refractivity contribution in [2.24, 2.45) is 0 Å². The highest BCUT2D eigenvalue weighted by Crippen LogP contribution is 2.37. The molecule has 5 nitrogen and oxygen atoms in total. The Morgan fingerprint density at radius 1 is 1.42 bits per heavy atom. The molecule has 1 saturated carbocycles. The first-order chi connectivity index (χ1) is 9.12. The number of aromatic nitrogens is 4. The fourth-order valence-corrected chi connectivity index (χ4v) is 2.00. The maximum atomic E-state index is 4.71. The predicted molar refractivity (Wildman–Crippen MR) is 72.4 cm³/mol. The molecule has 0 spiro atoms. The van der Waals surface area contributed by atoms with Gasteiger partial charge in [-0.2, -0.15) is 5.10 Å². The SMILES string of the molecule is CNC(C)(C)c1nc(-c2c[c]cnc2)nn1C1CC1. The summed E-state index contributed by atoms with van der Waals surface area (Å²) in [5, 5.41) is 7.96. The molecule has 1 N–H and O–H groups in total. The van der Waals surface area contributed by atoms with Gasteiger partial charge in [0.05, 0.1) is 11.6 Å². The second kappa shape index (κ2) is 4.42. The quantitative estimate of drug-likeness (QED) is 0.908. The fourth-order valence-electron chi connectivity index (χ4n) is 2.00. The van der Waals surface area contributed by atoms with E-state index in [0.717, 1.165) is 17.2 Å². The van der Waals surface area contributed by atoms with Crippen molar-refractivity contribution < 1.29 is 0 Å². The summed E-state index contributed by atoms with van der Waals surface area (Å²) in [6, 6.07) is 5.34. The van der Waals surface area contributed by atoms with E-state index < -0.39 is 0 Å². The van der Waals surface area contributed by atoms with E-state index in [-0.39, 0.29) is 5.54 Å². The minimum absolute atomic E-state index is 0.195. The third-order valence-electron chi connectivity index (χ3n) is 3.57. The lowest BCUT2D eigenvalue weighted by Gasteiger charge is -2.23. The molecule has 5 heteroatoms. The van der Waals surface area contributed by atoms with Crippen LogP contribution in [0.1, 0.15) is 38.6 Å². The Morgan fingerprint density at radius 2 is 2.21 bits per heavy atom. The van der Waals surface area contributed by atoms with Crippen LogP contribution < -0.4 is 5.32 Å². The second-order valence-corrected chi connectivity index (χ2v) is 5.48. The average Bonchev–Trinajstić information content (AvgIpc) is 3.18. The lowest BCUT2D eigenvalue weighted by molar-refractivity contribution is 0.385. The number of nitrogens with one attached hydrogen (secondary N) is 1. The molecule has 2 aromatic rings. The van der Waals surface area contributed by atoms with Gasteiger partial charge in [0.15, 0.2) is 5.82 Å². The molecule has 99 valence electrons. The Labute approximate surface area is 113 Å². The van der Waals surface area contributed by atoms with Crippen LogP contribution >= 0.6 is 0 Å². The van der Waals surface area contributed by atoms with Crippen LogP contribution in [0.15, 0.2) is 18.5 Å². The van der Waals surface area contributed by atoms with Gasteiger partial charge in [-0.05, 0) is 39.8 Å². The van der Waals surface area contributed by atoms with Gasteiger partial charge in [0.2, 0.25) is 0 Å². The van der Waals surface area contributed by atoms with Gasteiger partial charge in [0.1, 0.15) is 5.82 Å². The van der Waals surface area contributed by atoms with Crippen LogP contribution in [-0.4, -0.2) is 26.8 Å². The zero-order valence-corrected chi connectivity index (χ0v) is 11.5. The molecule has 3 rings (SSSR count). The molecule has 0 aliphatic heterocycles. The summed E-state index contributed by atoms with van der Waals surface area (Å²) in [4.78, 5) is 8.80. The summed E-state index contributed by atoms with van der Waals surface area (Å²) in [6.45, 7) is 4.24. The van der Waals surface area contributed by atoms with E-state index in [1.807, 2.05) is 13.1 Å². The third-order valence-corrected chi connectivity index (χ3v) is 3.57. The Balaban J connectivity index is 2.07. The lowest BCUT2D eigenvalue weighted by Crippen LogP contribution is -2.36. The highest BCUT2D eigenvalue weighted by molar-refractivity contribution is 5.52. The molecule has 0 atom stereocenters. The van der Waals surface area contributed by atoms with Crippen LogP contribution in [-0.2, 0) is 5.54 Å². The highest BCUT2D eigenvalue weighted by atomic mass is 15.4. The van der Waals surface area contributed by atoms with E-state index in [9.17, 15) is 0 Å². The second-order valence-electron chi connectivity index (χ2n) is 5.48. The van der Waals surface area contributed by atoms with Gasteiger partial charge in [-0.1, -0.05) is 0 Å². The summed E-state index contributed by atoms with van der Waals surface area (Å²) in [5.41, 5.74) is 0.717. The van der Waals surface area contributed by atoms with Crippen LogP contribution in [0.2, 0.25) is 0 Å². The van der Waals surface area contributed by atoms with Crippen LogP contribution in [0.25, 0.3) is 11.4 Å². The van der Waals surface area contributed by atoms with Gasteiger partial charge >= 0.3 is 0 Å². The summed E-state index contributed by atoms with van der Waals surface area (Å²) < 4.78 is 2.07. The first-order valence-corrected chi connectivity index (χ1v) is 6.59. The Kier molecular flexibility index (Phi) is 2.86. The summed E-state index contributed by atoms with van der Waals surface area (Å²) in [7, 11) is 1.95. The fraction of sp³-hybridized carbons (Fsp3) is 0.500. The van der Waals surface area contributed by atoms with E-state index in [4.69, 9.17) is 4.98 Å². The minimum Gasteiger partial charge on any atom is -0.308 e. The van der Waals surface area contributed by atoms with E-state index in [0.29, 0.717) is 6.04 Å². The number of nitrogens with zero attached hydrogens (tertiary/aromatic N) is 4. The minimum atomic E-state index is -0.195.